The van der Waals surface area contributed by atoms with E-state index < -0.39 is 9.84 Å². The normalized spacial score (nSPS) is 11.4. The van der Waals surface area contributed by atoms with Gasteiger partial charge in [-0.1, -0.05) is 12.1 Å². The van der Waals surface area contributed by atoms with E-state index in [1.807, 2.05) is 13.0 Å². The van der Waals surface area contributed by atoms with E-state index in [-0.39, 0.29) is 22.8 Å². The van der Waals surface area contributed by atoms with E-state index in [2.05, 4.69) is 0 Å². The lowest BCUT2D eigenvalue weighted by Gasteiger charge is -2.08. The molecule has 0 aliphatic carbocycles. The van der Waals surface area contributed by atoms with E-state index in [9.17, 15) is 13.2 Å². The van der Waals surface area contributed by atoms with Crippen molar-refractivity contribution >= 4 is 15.5 Å². The number of pyridine rings is 1. The highest BCUT2D eigenvalue weighted by molar-refractivity contribution is 7.91. The first kappa shape index (κ1) is 14.3. The van der Waals surface area contributed by atoms with Crippen LogP contribution in [0.2, 0.25) is 0 Å². The van der Waals surface area contributed by atoms with Gasteiger partial charge < -0.3 is 10.3 Å². The minimum atomic E-state index is -3.41. The van der Waals surface area contributed by atoms with Crippen LogP contribution in [0.4, 0.5) is 5.69 Å². The van der Waals surface area contributed by atoms with Gasteiger partial charge in [-0.25, -0.2) is 8.42 Å². The number of nitrogen functional groups attached to an aromatic ring is 1. The molecule has 20 heavy (non-hydrogen) atoms. The van der Waals surface area contributed by atoms with Crippen LogP contribution in [0.5, 0.6) is 0 Å². The van der Waals surface area contributed by atoms with Crippen molar-refractivity contribution in [3.05, 3.63) is 58.5 Å². The first-order chi connectivity index (χ1) is 9.38. The van der Waals surface area contributed by atoms with Crippen molar-refractivity contribution in [2.24, 2.45) is 0 Å². The van der Waals surface area contributed by atoms with Gasteiger partial charge >= 0.3 is 0 Å². The van der Waals surface area contributed by atoms with Gasteiger partial charge in [0.1, 0.15) is 0 Å². The number of aryl methyl sites for hydroxylation is 2. The zero-order valence-electron chi connectivity index (χ0n) is 11.1. The molecule has 0 bridgehead atoms. The molecule has 0 radical (unpaired) electrons. The first-order valence-electron chi connectivity index (χ1n) is 6.14. The third-order valence-corrected chi connectivity index (χ3v) is 4.65. The Morgan fingerprint density at radius 3 is 2.65 bits per heavy atom. The number of anilines is 1. The second-order valence-electron chi connectivity index (χ2n) is 4.63. The maximum atomic E-state index is 12.2. The van der Waals surface area contributed by atoms with E-state index in [4.69, 9.17) is 5.73 Å². The summed E-state index contributed by atoms with van der Waals surface area (Å²) in [6.07, 6.45) is 1.45. The number of nitrogens with zero attached hydrogens (tertiary/aromatic N) is 1. The third-order valence-electron chi connectivity index (χ3n) is 2.96. The minimum Gasteiger partial charge on any atom is -0.398 e. The summed E-state index contributed by atoms with van der Waals surface area (Å²) in [6, 6.07) is 9.54. The molecule has 0 saturated carbocycles. The number of hydrogen-bond acceptors (Lipinski definition) is 4. The summed E-state index contributed by atoms with van der Waals surface area (Å²) in [5.74, 6) is -0.139. The van der Waals surface area contributed by atoms with Gasteiger partial charge in [-0.2, -0.15) is 0 Å². The maximum Gasteiger partial charge on any atom is 0.250 e. The fourth-order valence-electron chi connectivity index (χ4n) is 1.87. The van der Waals surface area contributed by atoms with Crippen molar-refractivity contribution in [2.75, 3.05) is 11.5 Å². The molecule has 2 rings (SSSR count). The summed E-state index contributed by atoms with van der Waals surface area (Å²) in [4.78, 5) is 11.9. The number of benzene rings is 1. The average molecular weight is 292 g/mol. The van der Waals surface area contributed by atoms with Crippen molar-refractivity contribution in [1.82, 2.24) is 4.57 Å². The number of sulfone groups is 1. The summed E-state index contributed by atoms with van der Waals surface area (Å²) in [5, 5.41) is 0. The van der Waals surface area contributed by atoms with E-state index >= 15 is 0 Å². The van der Waals surface area contributed by atoms with Gasteiger partial charge in [-0.05, 0) is 30.7 Å². The molecule has 1 aromatic carbocycles. The number of rotatable bonds is 4. The topological polar surface area (TPSA) is 82.2 Å². The second-order valence-corrected chi connectivity index (χ2v) is 6.74. The molecule has 0 unspecified atom stereocenters. The molecule has 106 valence electrons. The van der Waals surface area contributed by atoms with Crippen LogP contribution in [0.25, 0.3) is 0 Å². The quantitative estimate of drug-likeness (QED) is 0.918. The molecule has 0 spiro atoms. The molecular formula is C14H16N2O3S. The Hall–Kier alpha value is -2.08. The van der Waals surface area contributed by atoms with Crippen LogP contribution in [0.3, 0.4) is 0 Å². The molecule has 6 heteroatoms. The van der Waals surface area contributed by atoms with Crippen LogP contribution >= 0.6 is 0 Å². The molecule has 0 atom stereocenters. The van der Waals surface area contributed by atoms with Crippen molar-refractivity contribution in [2.45, 2.75) is 18.4 Å². The smallest absolute Gasteiger partial charge is 0.250 e. The zero-order valence-corrected chi connectivity index (χ0v) is 11.9. The highest BCUT2D eigenvalue weighted by Gasteiger charge is 2.14. The molecule has 0 aliphatic rings. The minimum absolute atomic E-state index is 0.0835. The largest absolute Gasteiger partial charge is 0.398 e. The van der Waals surface area contributed by atoms with Crippen molar-refractivity contribution in [3.63, 3.8) is 0 Å². The third kappa shape index (κ3) is 3.27. The fraction of sp³-hybridized carbons (Fsp3) is 0.214. The summed E-state index contributed by atoms with van der Waals surface area (Å²) < 4.78 is 25.7. The van der Waals surface area contributed by atoms with E-state index in [0.717, 1.165) is 5.56 Å². The predicted octanol–water partition coefficient (Wildman–Crippen LogP) is 1.21. The van der Waals surface area contributed by atoms with Gasteiger partial charge in [0, 0.05) is 24.5 Å². The van der Waals surface area contributed by atoms with Gasteiger partial charge in [-0.15, -0.1) is 0 Å². The summed E-state index contributed by atoms with van der Waals surface area (Å²) in [7, 11) is -3.41. The molecule has 1 heterocycles. The molecule has 5 nitrogen and oxygen atoms in total. The number of hydrogen-bond donors (Lipinski definition) is 1. The van der Waals surface area contributed by atoms with Crippen molar-refractivity contribution in [1.29, 1.82) is 0 Å². The van der Waals surface area contributed by atoms with Crippen LogP contribution in [-0.4, -0.2) is 18.7 Å². The number of aromatic nitrogens is 1. The molecule has 2 N–H and O–H groups in total. The van der Waals surface area contributed by atoms with E-state index in [1.165, 1.54) is 22.9 Å². The van der Waals surface area contributed by atoms with Crippen LogP contribution in [0, 0.1) is 6.92 Å². The Balaban J connectivity index is 2.22. The lowest BCUT2D eigenvalue weighted by atomic mass is 10.2. The number of nitrogens with two attached hydrogens (primary N) is 1. The second kappa shape index (κ2) is 5.50. The Bertz CT molecular complexity index is 779. The summed E-state index contributed by atoms with van der Waals surface area (Å²) in [6.45, 7) is 1.92. The predicted molar refractivity (Wildman–Crippen MR) is 78.3 cm³/mol. The molecule has 2 aromatic rings. The standard InChI is InChI=1S/C14H16N2O3S/c1-11-3-2-4-13(9-11)20(18,19)8-7-16-10-12(15)5-6-14(16)17/h2-6,9-10H,7-8,15H2,1H3. The van der Waals surface area contributed by atoms with Gasteiger partial charge in [-0.3, -0.25) is 4.79 Å². The summed E-state index contributed by atoms with van der Waals surface area (Å²) >= 11 is 0. The Morgan fingerprint density at radius 2 is 1.95 bits per heavy atom. The Morgan fingerprint density at radius 1 is 1.20 bits per heavy atom. The van der Waals surface area contributed by atoms with Gasteiger partial charge in [0.05, 0.1) is 10.6 Å². The highest BCUT2D eigenvalue weighted by Crippen LogP contribution is 2.13. The SMILES string of the molecule is Cc1cccc(S(=O)(=O)CCn2cc(N)ccc2=O)c1. The van der Waals surface area contributed by atoms with Gasteiger partial charge in [0.15, 0.2) is 9.84 Å². The molecule has 1 aromatic heterocycles. The fourth-order valence-corrected chi connectivity index (χ4v) is 3.19. The van der Waals surface area contributed by atoms with Crippen LogP contribution < -0.4 is 11.3 Å². The Labute approximate surface area is 117 Å². The van der Waals surface area contributed by atoms with Gasteiger partial charge in [0.25, 0.3) is 5.56 Å². The molecular weight excluding hydrogens is 276 g/mol. The monoisotopic (exact) mass is 292 g/mol. The molecule has 0 amide bonds. The first-order valence-corrected chi connectivity index (χ1v) is 7.79. The van der Waals surface area contributed by atoms with E-state index in [1.54, 1.807) is 18.2 Å². The van der Waals surface area contributed by atoms with Crippen molar-refractivity contribution in [3.8, 4) is 0 Å². The maximum absolute atomic E-state index is 12.2. The average Bonchev–Trinajstić information content (AvgIpc) is 2.40. The molecule has 0 saturated heterocycles. The highest BCUT2D eigenvalue weighted by atomic mass is 32.2. The van der Waals surface area contributed by atoms with Crippen LogP contribution in [-0.2, 0) is 16.4 Å². The lowest BCUT2D eigenvalue weighted by Crippen LogP contribution is -2.23. The van der Waals surface area contributed by atoms with Gasteiger partial charge in [0.2, 0.25) is 0 Å². The molecule has 0 fully saturated rings. The molecule has 0 aliphatic heterocycles. The van der Waals surface area contributed by atoms with E-state index in [0.29, 0.717) is 5.69 Å². The zero-order chi connectivity index (χ0) is 14.8. The van der Waals surface area contributed by atoms with Crippen LogP contribution in [0.15, 0.2) is 52.3 Å². The summed E-state index contributed by atoms with van der Waals surface area (Å²) in [5.41, 5.74) is 6.63. The van der Waals surface area contributed by atoms with Crippen LogP contribution in [0.1, 0.15) is 5.56 Å². The lowest BCUT2D eigenvalue weighted by molar-refractivity contribution is 0.587. The Kier molecular flexibility index (Phi) is 3.94. The van der Waals surface area contributed by atoms with Crippen molar-refractivity contribution < 1.29 is 8.42 Å².